The molecule has 2 aliphatic heterocycles. The van der Waals surface area contributed by atoms with Crippen LogP contribution in [0.25, 0.3) is 0 Å². The highest BCUT2D eigenvalue weighted by Gasteiger charge is 2.30. The molecule has 0 radical (unpaired) electrons. The molecule has 16 heavy (non-hydrogen) atoms. The van der Waals surface area contributed by atoms with Crippen molar-refractivity contribution in [3.8, 4) is 0 Å². The Labute approximate surface area is 109 Å². The van der Waals surface area contributed by atoms with Crippen LogP contribution in [0.1, 0.15) is 19.3 Å². The summed E-state index contributed by atoms with van der Waals surface area (Å²) < 4.78 is 0.970. The SMILES string of the molecule is Brc1csc(N2CCC(N3CCCC3)C2)n1. The Hall–Kier alpha value is -0.130. The van der Waals surface area contributed by atoms with Crippen LogP contribution in [-0.4, -0.2) is 42.1 Å². The molecule has 0 aliphatic carbocycles. The van der Waals surface area contributed by atoms with E-state index >= 15 is 0 Å². The fourth-order valence-electron chi connectivity index (χ4n) is 2.71. The molecule has 3 rings (SSSR count). The van der Waals surface area contributed by atoms with Crippen LogP contribution in [0.4, 0.5) is 5.13 Å². The molecule has 5 heteroatoms. The van der Waals surface area contributed by atoms with Crippen LogP contribution in [0.3, 0.4) is 0 Å². The first-order chi connectivity index (χ1) is 7.83. The van der Waals surface area contributed by atoms with Gasteiger partial charge in [-0.05, 0) is 48.3 Å². The molecule has 0 spiro atoms. The van der Waals surface area contributed by atoms with Crippen molar-refractivity contribution < 1.29 is 0 Å². The molecule has 2 aliphatic rings. The molecule has 88 valence electrons. The number of nitrogens with zero attached hydrogens (tertiary/aromatic N) is 3. The third kappa shape index (κ3) is 2.13. The van der Waals surface area contributed by atoms with Gasteiger partial charge in [0.1, 0.15) is 4.60 Å². The van der Waals surface area contributed by atoms with Crippen molar-refractivity contribution in [2.45, 2.75) is 25.3 Å². The Kier molecular flexibility index (Phi) is 3.18. The molecule has 1 aromatic heterocycles. The molecule has 0 amide bonds. The lowest BCUT2D eigenvalue weighted by molar-refractivity contribution is 0.260. The van der Waals surface area contributed by atoms with E-state index in [1.807, 2.05) is 0 Å². The molecular formula is C11H16BrN3S. The Morgan fingerprint density at radius 3 is 2.81 bits per heavy atom. The van der Waals surface area contributed by atoms with Crippen LogP contribution < -0.4 is 4.90 Å². The number of hydrogen-bond acceptors (Lipinski definition) is 4. The number of likely N-dealkylation sites (tertiary alicyclic amines) is 1. The van der Waals surface area contributed by atoms with Gasteiger partial charge in [-0.2, -0.15) is 0 Å². The van der Waals surface area contributed by atoms with Crippen LogP contribution >= 0.6 is 27.3 Å². The van der Waals surface area contributed by atoms with Crippen molar-refractivity contribution in [3.05, 3.63) is 9.98 Å². The predicted octanol–water partition coefficient (Wildman–Crippen LogP) is 2.58. The van der Waals surface area contributed by atoms with Gasteiger partial charge in [0.15, 0.2) is 5.13 Å². The number of halogens is 1. The van der Waals surface area contributed by atoms with E-state index in [0.29, 0.717) is 0 Å². The maximum Gasteiger partial charge on any atom is 0.186 e. The van der Waals surface area contributed by atoms with Gasteiger partial charge < -0.3 is 4.90 Å². The number of aromatic nitrogens is 1. The summed E-state index contributed by atoms with van der Waals surface area (Å²) in [5, 5.41) is 3.24. The maximum atomic E-state index is 4.50. The highest BCUT2D eigenvalue weighted by molar-refractivity contribution is 9.10. The molecule has 3 heterocycles. The quantitative estimate of drug-likeness (QED) is 0.837. The second kappa shape index (κ2) is 4.63. The zero-order chi connectivity index (χ0) is 11.0. The van der Waals surface area contributed by atoms with Gasteiger partial charge in [-0.1, -0.05) is 0 Å². The molecule has 1 aromatic rings. The summed E-state index contributed by atoms with van der Waals surface area (Å²) in [6, 6.07) is 0.769. The average Bonchev–Trinajstić information content (AvgIpc) is 2.97. The summed E-state index contributed by atoms with van der Waals surface area (Å²) in [5.41, 5.74) is 0. The molecule has 2 saturated heterocycles. The Bertz CT molecular complexity index is 362. The molecule has 0 bridgehead atoms. The number of rotatable bonds is 2. The molecule has 2 fully saturated rings. The first-order valence-electron chi connectivity index (χ1n) is 5.93. The number of anilines is 1. The van der Waals surface area contributed by atoms with E-state index in [2.05, 4.69) is 36.1 Å². The monoisotopic (exact) mass is 301 g/mol. The molecule has 1 unspecified atom stereocenters. The lowest BCUT2D eigenvalue weighted by Crippen LogP contribution is -2.35. The summed E-state index contributed by atoms with van der Waals surface area (Å²) in [5.74, 6) is 0. The fourth-order valence-corrected chi connectivity index (χ4v) is 4.00. The topological polar surface area (TPSA) is 19.4 Å². The smallest absolute Gasteiger partial charge is 0.186 e. The van der Waals surface area contributed by atoms with E-state index in [1.165, 1.54) is 50.6 Å². The summed E-state index contributed by atoms with van der Waals surface area (Å²) in [7, 11) is 0. The van der Waals surface area contributed by atoms with Gasteiger partial charge in [0.05, 0.1) is 0 Å². The second-order valence-electron chi connectivity index (χ2n) is 4.58. The standard InChI is InChI=1S/C11H16BrN3S/c12-10-8-16-11(13-10)15-6-3-9(7-15)14-4-1-2-5-14/h8-9H,1-7H2. The minimum Gasteiger partial charge on any atom is -0.346 e. The van der Waals surface area contributed by atoms with Crippen LogP contribution in [0.15, 0.2) is 9.98 Å². The second-order valence-corrected chi connectivity index (χ2v) is 6.23. The Morgan fingerprint density at radius 1 is 1.31 bits per heavy atom. The van der Waals surface area contributed by atoms with E-state index in [4.69, 9.17) is 0 Å². The predicted molar refractivity (Wildman–Crippen MR) is 71.2 cm³/mol. The van der Waals surface area contributed by atoms with E-state index in [9.17, 15) is 0 Å². The number of hydrogen-bond donors (Lipinski definition) is 0. The van der Waals surface area contributed by atoms with Gasteiger partial charge in [0, 0.05) is 24.5 Å². The molecule has 3 nitrogen and oxygen atoms in total. The summed E-state index contributed by atoms with van der Waals surface area (Å²) >= 11 is 5.16. The van der Waals surface area contributed by atoms with Crippen molar-refractivity contribution in [2.75, 3.05) is 31.1 Å². The summed E-state index contributed by atoms with van der Waals surface area (Å²) in [6.45, 7) is 4.95. The third-order valence-corrected chi connectivity index (χ3v) is 5.17. The molecule has 0 N–H and O–H groups in total. The van der Waals surface area contributed by atoms with Crippen molar-refractivity contribution in [3.63, 3.8) is 0 Å². The van der Waals surface area contributed by atoms with Crippen LogP contribution in [0.5, 0.6) is 0 Å². The highest BCUT2D eigenvalue weighted by atomic mass is 79.9. The van der Waals surface area contributed by atoms with Crippen molar-refractivity contribution in [2.24, 2.45) is 0 Å². The molecule has 1 atom stereocenters. The number of thiazole rings is 1. The molecule has 0 saturated carbocycles. The van der Waals surface area contributed by atoms with E-state index in [-0.39, 0.29) is 0 Å². The van der Waals surface area contributed by atoms with E-state index < -0.39 is 0 Å². The van der Waals surface area contributed by atoms with Gasteiger partial charge in [-0.15, -0.1) is 11.3 Å². The first-order valence-corrected chi connectivity index (χ1v) is 7.60. The molecule has 0 aromatic carbocycles. The van der Waals surface area contributed by atoms with Gasteiger partial charge in [-0.25, -0.2) is 4.98 Å². The van der Waals surface area contributed by atoms with Crippen LogP contribution in [0.2, 0.25) is 0 Å². The van der Waals surface area contributed by atoms with Crippen LogP contribution in [-0.2, 0) is 0 Å². The third-order valence-electron chi connectivity index (χ3n) is 3.55. The summed E-state index contributed by atoms with van der Waals surface area (Å²) in [4.78, 5) is 9.58. The zero-order valence-electron chi connectivity index (χ0n) is 9.23. The van der Waals surface area contributed by atoms with Gasteiger partial charge >= 0.3 is 0 Å². The summed E-state index contributed by atoms with van der Waals surface area (Å²) in [6.07, 6.45) is 4.08. The first kappa shape index (κ1) is 11.0. The largest absolute Gasteiger partial charge is 0.346 e. The van der Waals surface area contributed by atoms with Crippen molar-refractivity contribution in [1.29, 1.82) is 0 Å². The normalized spacial score (nSPS) is 26.8. The Balaban J connectivity index is 1.64. The fraction of sp³-hybridized carbons (Fsp3) is 0.727. The Morgan fingerprint density at radius 2 is 2.12 bits per heavy atom. The van der Waals surface area contributed by atoms with Gasteiger partial charge in [0.2, 0.25) is 0 Å². The lowest BCUT2D eigenvalue weighted by atomic mass is 10.2. The average molecular weight is 302 g/mol. The van der Waals surface area contributed by atoms with E-state index in [1.54, 1.807) is 11.3 Å². The minimum absolute atomic E-state index is 0.769. The molecular weight excluding hydrogens is 286 g/mol. The highest BCUT2D eigenvalue weighted by Crippen LogP contribution is 2.29. The zero-order valence-corrected chi connectivity index (χ0v) is 11.6. The maximum absolute atomic E-state index is 4.50. The van der Waals surface area contributed by atoms with Crippen molar-refractivity contribution in [1.82, 2.24) is 9.88 Å². The lowest BCUT2D eigenvalue weighted by Gasteiger charge is -2.23. The van der Waals surface area contributed by atoms with Gasteiger partial charge in [-0.3, -0.25) is 4.90 Å². The van der Waals surface area contributed by atoms with E-state index in [0.717, 1.165) is 10.6 Å². The minimum atomic E-state index is 0.769. The van der Waals surface area contributed by atoms with Crippen molar-refractivity contribution >= 4 is 32.4 Å². The van der Waals surface area contributed by atoms with Crippen LogP contribution in [0, 0.1) is 0 Å². The van der Waals surface area contributed by atoms with Gasteiger partial charge in [0.25, 0.3) is 0 Å².